The minimum atomic E-state index is 0.175. The molecule has 86 valence electrons. The Hall–Kier alpha value is -0.380. The molecule has 0 aliphatic carbocycles. The lowest BCUT2D eigenvalue weighted by Crippen LogP contribution is -2.63. The largest absolute Gasteiger partial charge is 0.370 e. The number of hydrogen-bond donors (Lipinski definition) is 1. The third-order valence-electron chi connectivity index (χ3n) is 4.08. The van der Waals surface area contributed by atoms with Crippen LogP contribution in [-0.4, -0.2) is 41.0 Å². The van der Waals surface area contributed by atoms with E-state index in [1.54, 1.807) is 0 Å². The molecule has 1 spiro atoms. The van der Waals surface area contributed by atoms with Crippen molar-refractivity contribution in [2.45, 2.75) is 32.7 Å². The van der Waals surface area contributed by atoms with E-state index in [9.17, 15) is 0 Å². The molecule has 2 rings (SSSR count). The molecule has 1 saturated heterocycles. The van der Waals surface area contributed by atoms with Crippen molar-refractivity contribution in [3.8, 4) is 0 Å². The van der Waals surface area contributed by atoms with Crippen LogP contribution in [0.4, 0.5) is 0 Å². The Bertz CT molecular complexity index is 288. The Labute approximate surface area is 96.5 Å². The molecular formula is C11H21N3S. The van der Waals surface area contributed by atoms with E-state index in [4.69, 9.17) is 5.73 Å². The van der Waals surface area contributed by atoms with E-state index in [2.05, 4.69) is 30.7 Å². The Balaban J connectivity index is 2.32. The highest BCUT2D eigenvalue weighted by atomic mass is 32.2. The third-order valence-corrected chi connectivity index (χ3v) is 5.26. The number of nitrogens with two attached hydrogens (primary N) is 1. The lowest BCUT2D eigenvalue weighted by molar-refractivity contribution is 0.0691. The first-order valence-electron chi connectivity index (χ1n) is 5.69. The normalized spacial score (nSPS) is 34.6. The first-order valence-corrected chi connectivity index (χ1v) is 6.84. The van der Waals surface area contributed by atoms with Crippen LogP contribution in [0.3, 0.4) is 0 Å². The fourth-order valence-electron chi connectivity index (χ4n) is 2.77. The second-order valence-electron chi connectivity index (χ2n) is 5.14. The van der Waals surface area contributed by atoms with Crippen LogP contribution >= 0.6 is 11.8 Å². The molecule has 15 heavy (non-hydrogen) atoms. The van der Waals surface area contributed by atoms with Crippen LogP contribution in [0.5, 0.6) is 0 Å². The summed E-state index contributed by atoms with van der Waals surface area (Å²) < 4.78 is 0. The molecule has 0 bridgehead atoms. The maximum atomic E-state index is 5.98. The van der Waals surface area contributed by atoms with Crippen LogP contribution in [-0.2, 0) is 0 Å². The van der Waals surface area contributed by atoms with Crippen molar-refractivity contribution in [2.24, 2.45) is 16.1 Å². The Morgan fingerprint density at radius 1 is 1.53 bits per heavy atom. The van der Waals surface area contributed by atoms with E-state index in [0.717, 1.165) is 24.8 Å². The van der Waals surface area contributed by atoms with Crippen LogP contribution in [0.2, 0.25) is 0 Å². The predicted octanol–water partition coefficient (Wildman–Crippen LogP) is 1.54. The molecule has 2 aliphatic rings. The SMILES string of the molecule is CCN1C(N)=NCC12CSCCC2(C)C. The van der Waals surface area contributed by atoms with E-state index < -0.39 is 0 Å². The van der Waals surface area contributed by atoms with Crippen LogP contribution in [0.1, 0.15) is 27.2 Å². The zero-order chi connectivity index (χ0) is 11.1. The molecule has 0 aromatic rings. The van der Waals surface area contributed by atoms with Gasteiger partial charge in [-0.15, -0.1) is 0 Å². The molecule has 3 nitrogen and oxygen atoms in total. The van der Waals surface area contributed by atoms with Gasteiger partial charge in [0.15, 0.2) is 5.96 Å². The van der Waals surface area contributed by atoms with Crippen molar-refractivity contribution in [2.75, 3.05) is 24.6 Å². The van der Waals surface area contributed by atoms with E-state index in [1.807, 2.05) is 11.8 Å². The zero-order valence-electron chi connectivity index (χ0n) is 9.92. The van der Waals surface area contributed by atoms with Gasteiger partial charge in [0.25, 0.3) is 0 Å². The second-order valence-corrected chi connectivity index (χ2v) is 6.24. The van der Waals surface area contributed by atoms with Gasteiger partial charge in [-0.3, -0.25) is 4.99 Å². The van der Waals surface area contributed by atoms with Gasteiger partial charge in [-0.25, -0.2) is 0 Å². The summed E-state index contributed by atoms with van der Waals surface area (Å²) in [7, 11) is 0. The van der Waals surface area contributed by atoms with Gasteiger partial charge in [0.2, 0.25) is 0 Å². The molecular weight excluding hydrogens is 206 g/mol. The summed E-state index contributed by atoms with van der Waals surface area (Å²) in [6.07, 6.45) is 1.26. The zero-order valence-corrected chi connectivity index (χ0v) is 10.7. The maximum Gasteiger partial charge on any atom is 0.191 e. The van der Waals surface area contributed by atoms with Gasteiger partial charge < -0.3 is 10.6 Å². The van der Waals surface area contributed by atoms with Crippen LogP contribution in [0, 0.1) is 5.41 Å². The summed E-state index contributed by atoms with van der Waals surface area (Å²) in [5.74, 6) is 3.18. The molecule has 2 N–H and O–H groups in total. The molecule has 1 fully saturated rings. The number of guanidine groups is 1. The van der Waals surface area contributed by atoms with E-state index >= 15 is 0 Å². The first kappa shape index (κ1) is 11.1. The third kappa shape index (κ3) is 1.45. The maximum absolute atomic E-state index is 5.98. The van der Waals surface area contributed by atoms with Gasteiger partial charge in [0, 0.05) is 12.3 Å². The summed E-state index contributed by atoms with van der Waals surface area (Å²) in [5.41, 5.74) is 6.48. The average molecular weight is 227 g/mol. The first-order chi connectivity index (χ1) is 7.03. The predicted molar refractivity (Wildman–Crippen MR) is 67.3 cm³/mol. The van der Waals surface area contributed by atoms with Crippen molar-refractivity contribution in [3.63, 3.8) is 0 Å². The summed E-state index contributed by atoms with van der Waals surface area (Å²) in [6.45, 7) is 8.75. The van der Waals surface area contributed by atoms with Crippen molar-refractivity contribution < 1.29 is 0 Å². The van der Waals surface area contributed by atoms with E-state index in [-0.39, 0.29) is 5.54 Å². The number of likely N-dealkylation sites (N-methyl/N-ethyl adjacent to an activating group) is 1. The molecule has 2 heterocycles. The van der Waals surface area contributed by atoms with Gasteiger partial charge >= 0.3 is 0 Å². The lowest BCUT2D eigenvalue weighted by atomic mass is 9.70. The summed E-state index contributed by atoms with van der Waals surface area (Å²) in [4.78, 5) is 6.79. The fraction of sp³-hybridized carbons (Fsp3) is 0.909. The second kappa shape index (κ2) is 3.58. The Kier molecular flexibility index (Phi) is 2.65. The number of nitrogens with zero attached hydrogens (tertiary/aromatic N) is 2. The highest BCUT2D eigenvalue weighted by molar-refractivity contribution is 7.99. The molecule has 2 aliphatic heterocycles. The lowest BCUT2D eigenvalue weighted by Gasteiger charge is -2.52. The number of rotatable bonds is 1. The van der Waals surface area contributed by atoms with Crippen molar-refractivity contribution in [1.29, 1.82) is 0 Å². The van der Waals surface area contributed by atoms with E-state index in [1.165, 1.54) is 12.2 Å². The molecule has 0 amide bonds. The standard InChI is InChI=1S/C11H21N3S/c1-4-14-9(12)13-7-11(14)8-15-6-5-10(11,2)3/h4-8H2,1-3H3,(H2,12,13). The van der Waals surface area contributed by atoms with Crippen LogP contribution < -0.4 is 5.73 Å². The molecule has 1 unspecified atom stereocenters. The van der Waals surface area contributed by atoms with Gasteiger partial charge in [-0.2, -0.15) is 11.8 Å². The molecule has 0 aromatic carbocycles. The van der Waals surface area contributed by atoms with Gasteiger partial charge in [-0.1, -0.05) is 13.8 Å². The molecule has 4 heteroatoms. The highest BCUT2D eigenvalue weighted by Crippen LogP contribution is 2.47. The molecule has 0 aromatic heterocycles. The van der Waals surface area contributed by atoms with Crippen LogP contribution in [0.25, 0.3) is 0 Å². The minimum absolute atomic E-state index is 0.175. The van der Waals surface area contributed by atoms with Crippen LogP contribution in [0.15, 0.2) is 4.99 Å². The van der Waals surface area contributed by atoms with Crippen molar-refractivity contribution in [1.82, 2.24) is 4.90 Å². The smallest absolute Gasteiger partial charge is 0.191 e. The van der Waals surface area contributed by atoms with Gasteiger partial charge in [0.1, 0.15) is 0 Å². The fourth-order valence-corrected chi connectivity index (χ4v) is 4.54. The monoisotopic (exact) mass is 227 g/mol. The van der Waals surface area contributed by atoms with Gasteiger partial charge in [0.05, 0.1) is 12.1 Å². The Morgan fingerprint density at radius 3 is 2.87 bits per heavy atom. The Morgan fingerprint density at radius 2 is 2.27 bits per heavy atom. The molecule has 0 saturated carbocycles. The topological polar surface area (TPSA) is 41.6 Å². The van der Waals surface area contributed by atoms with Crippen molar-refractivity contribution >= 4 is 17.7 Å². The quantitative estimate of drug-likeness (QED) is 0.739. The molecule has 0 radical (unpaired) electrons. The van der Waals surface area contributed by atoms with E-state index in [0.29, 0.717) is 5.41 Å². The highest BCUT2D eigenvalue weighted by Gasteiger charge is 2.53. The molecule has 1 atom stereocenters. The van der Waals surface area contributed by atoms with Crippen molar-refractivity contribution in [3.05, 3.63) is 0 Å². The number of aliphatic imine (C=N–C) groups is 1. The summed E-state index contributed by atoms with van der Waals surface area (Å²) in [5, 5.41) is 0. The summed E-state index contributed by atoms with van der Waals surface area (Å²) in [6, 6.07) is 0. The minimum Gasteiger partial charge on any atom is -0.370 e. The number of thioether (sulfide) groups is 1. The number of hydrogen-bond acceptors (Lipinski definition) is 4. The van der Waals surface area contributed by atoms with Gasteiger partial charge in [-0.05, 0) is 24.5 Å². The summed E-state index contributed by atoms with van der Waals surface area (Å²) >= 11 is 2.04. The average Bonchev–Trinajstić information content (AvgIpc) is 2.50.